The third-order valence-electron chi connectivity index (χ3n) is 15.1. The van der Waals surface area contributed by atoms with Gasteiger partial charge in [-0.2, -0.15) is 0 Å². The van der Waals surface area contributed by atoms with E-state index in [4.69, 9.17) is 9.72 Å². The highest BCUT2D eigenvalue weighted by Gasteiger charge is 2.46. The zero-order chi connectivity index (χ0) is 59.7. The smallest absolute Gasteiger partial charge is 0.343 e. The molecule has 0 saturated carbocycles. The summed E-state index contributed by atoms with van der Waals surface area (Å²) < 4.78 is 22.1. The third kappa shape index (κ3) is 13.8. The van der Waals surface area contributed by atoms with Gasteiger partial charge in [-0.25, -0.2) is 14.2 Å². The number of aromatic nitrogens is 2. The van der Waals surface area contributed by atoms with Gasteiger partial charge in [0.2, 0.25) is 41.4 Å². The number of aliphatic hydroxyl groups is 1. The zero-order valence-corrected chi connectivity index (χ0v) is 45.6. The SMILES string of the molecule is CC[C@@]1(O)C(=O)OCc2c1cc1n(c2=O)Cc2c-1nc1cc(F)c(C)c3c1c2[C@@H](NC(=O)[C@H](CC(=O)O)NC(=O)CCCNC(=O)CNC(=O)[C@H](Cc1ccccc1)NC(=O)CNC(=O)CNC(=O)CCCCCN1C(=O)C=CC1=O)CC3. The van der Waals surface area contributed by atoms with Crippen LogP contribution in [0.25, 0.3) is 22.3 Å². The summed E-state index contributed by atoms with van der Waals surface area (Å²) in [7, 11) is 0. The van der Waals surface area contributed by atoms with Gasteiger partial charge in [-0.1, -0.05) is 43.7 Å². The molecule has 0 spiro atoms. The molecular formula is C57H63FN10O15. The number of amides is 9. The van der Waals surface area contributed by atoms with Crippen molar-refractivity contribution in [2.75, 3.05) is 32.7 Å². The van der Waals surface area contributed by atoms with Gasteiger partial charge >= 0.3 is 11.9 Å². The fraction of sp³-hybridized carbons (Fsp3) is 0.421. The molecule has 0 fully saturated rings. The average molecular weight is 1150 g/mol. The number of halogens is 1. The number of aryl methyl sites for hydroxylation is 1. The molecule has 0 bridgehead atoms. The molecule has 83 heavy (non-hydrogen) atoms. The molecule has 3 aliphatic heterocycles. The number of nitrogens with zero attached hydrogens (tertiary/aromatic N) is 3. The van der Waals surface area contributed by atoms with Crippen LogP contribution in [0, 0.1) is 12.7 Å². The van der Waals surface area contributed by atoms with Crippen molar-refractivity contribution in [2.24, 2.45) is 0 Å². The van der Waals surface area contributed by atoms with E-state index < -0.39 is 114 Å². The van der Waals surface area contributed by atoms with Crippen molar-refractivity contribution in [1.29, 1.82) is 0 Å². The zero-order valence-electron chi connectivity index (χ0n) is 45.6. The van der Waals surface area contributed by atoms with E-state index in [0.29, 0.717) is 52.5 Å². The van der Waals surface area contributed by atoms with Crippen LogP contribution in [0.15, 0.2) is 59.4 Å². The number of benzene rings is 2. The van der Waals surface area contributed by atoms with Crippen molar-refractivity contribution in [3.8, 4) is 11.4 Å². The quantitative estimate of drug-likeness (QED) is 0.0201. The summed E-state index contributed by atoms with van der Waals surface area (Å²) in [6, 6.07) is 7.82. The van der Waals surface area contributed by atoms with Crippen molar-refractivity contribution in [1.82, 2.24) is 51.7 Å². The number of unbranched alkanes of at least 4 members (excludes halogenated alkanes) is 2. The molecule has 9 amide bonds. The molecule has 26 heteroatoms. The molecule has 0 radical (unpaired) electrons. The lowest BCUT2D eigenvalue weighted by molar-refractivity contribution is -0.172. The summed E-state index contributed by atoms with van der Waals surface area (Å²) >= 11 is 0. The van der Waals surface area contributed by atoms with Crippen LogP contribution in [-0.4, -0.2) is 135 Å². The summed E-state index contributed by atoms with van der Waals surface area (Å²) in [5.41, 5.74) is 0.939. The number of cyclic esters (lactones) is 1. The number of aliphatic carboxylic acids is 1. The molecule has 2 aromatic heterocycles. The molecule has 4 aliphatic rings. The fourth-order valence-corrected chi connectivity index (χ4v) is 10.6. The van der Waals surface area contributed by atoms with Crippen LogP contribution >= 0.6 is 0 Å². The number of carbonyl (C=O) groups is 11. The Hall–Kier alpha value is -9.20. The Morgan fingerprint density at radius 2 is 1.46 bits per heavy atom. The number of imide groups is 1. The van der Waals surface area contributed by atoms with Crippen molar-refractivity contribution < 1.29 is 72.1 Å². The molecule has 25 nitrogen and oxygen atoms in total. The second-order valence-corrected chi connectivity index (χ2v) is 20.6. The normalized spacial score (nSPS) is 17.1. The van der Waals surface area contributed by atoms with Gasteiger partial charge < -0.3 is 56.7 Å². The predicted molar refractivity (Wildman–Crippen MR) is 290 cm³/mol. The molecule has 1 aliphatic carbocycles. The number of hydrogen-bond acceptors (Lipinski definition) is 15. The minimum atomic E-state index is -2.11. The standard InChI is InChI=1S/C57H63FN10O15/c1-3-57(82)35-22-41-52-33(28-68(41)55(80)34(35)29-83-56(57)81)51-37(16-15-32-30(2)36(58)23-38(65-52)50(32)51)66-54(79)40(24-49(76)77)63-43(70)14-10-19-59-44(71)26-62-53(78)39(21-31-11-6-4-7-12-31)64-46(73)27-61-45(72)25-60-42(69)13-8-5-9-20-67-47(74)17-18-48(67)75/h4,6-7,11-12,17-18,22-23,37,39-40,82H,3,5,8-10,13-16,19-21,24-29H2,1-2H3,(H,59,71)(H,60,69)(H,61,72)(H,62,78)(H,63,70)(H,64,73)(H,66,79)(H,76,77)/t37-,39-,40-,57-/m0/s1. The number of carbonyl (C=O) groups excluding carboxylic acids is 10. The molecule has 9 N–H and O–H groups in total. The highest BCUT2D eigenvalue weighted by molar-refractivity contribution is 6.12. The summed E-state index contributed by atoms with van der Waals surface area (Å²) in [5, 5.41) is 39.6. The van der Waals surface area contributed by atoms with Crippen molar-refractivity contribution >= 4 is 76.0 Å². The van der Waals surface area contributed by atoms with E-state index in [1.54, 1.807) is 44.2 Å². The van der Waals surface area contributed by atoms with Gasteiger partial charge in [-0.15, -0.1) is 0 Å². The topological polar surface area (TPSA) is 360 Å². The number of nitrogens with one attached hydrogen (secondary N) is 7. The summed E-state index contributed by atoms with van der Waals surface area (Å²) in [4.78, 5) is 159. The van der Waals surface area contributed by atoms with Crippen LogP contribution in [-0.2, 0) is 89.1 Å². The second kappa shape index (κ2) is 26.1. The van der Waals surface area contributed by atoms with E-state index in [1.807, 2.05) is 0 Å². The lowest BCUT2D eigenvalue weighted by atomic mass is 9.81. The number of ether oxygens (including phenoxy) is 1. The first kappa shape index (κ1) is 59.9. The van der Waals surface area contributed by atoms with Crippen molar-refractivity contribution in [2.45, 2.75) is 121 Å². The van der Waals surface area contributed by atoms with Crippen molar-refractivity contribution in [3.05, 3.63) is 110 Å². The lowest BCUT2D eigenvalue weighted by Gasteiger charge is -2.31. The Kier molecular flexibility index (Phi) is 18.9. The monoisotopic (exact) mass is 1150 g/mol. The highest BCUT2D eigenvalue weighted by Crippen LogP contribution is 2.46. The number of carboxylic acid groups (broad SMARTS) is 1. The maximum absolute atomic E-state index is 15.5. The molecule has 4 aromatic rings. The van der Waals surface area contributed by atoms with E-state index in [1.165, 1.54) is 28.9 Å². The maximum atomic E-state index is 15.5. The van der Waals surface area contributed by atoms with Crippen LogP contribution < -0.4 is 42.8 Å². The molecule has 0 unspecified atom stereocenters. The molecule has 8 rings (SSSR count). The summed E-state index contributed by atoms with van der Waals surface area (Å²) in [6.45, 7) is 1.43. The lowest BCUT2D eigenvalue weighted by Crippen LogP contribution is -2.52. The van der Waals surface area contributed by atoms with Crippen LogP contribution in [0.4, 0.5) is 4.39 Å². The Labute approximate surface area is 473 Å². The van der Waals surface area contributed by atoms with Gasteiger partial charge in [0.15, 0.2) is 5.60 Å². The Morgan fingerprint density at radius 3 is 2.18 bits per heavy atom. The predicted octanol–water partition coefficient (Wildman–Crippen LogP) is 0.0480. The number of pyridine rings is 2. The number of hydrogen-bond donors (Lipinski definition) is 9. The number of rotatable bonds is 26. The van der Waals surface area contributed by atoms with E-state index in [2.05, 4.69) is 37.2 Å². The molecule has 0 saturated heterocycles. The van der Waals surface area contributed by atoms with Gasteiger partial charge in [-0.05, 0) is 73.8 Å². The Balaban J connectivity index is 0.811. The van der Waals surface area contributed by atoms with Gasteiger partial charge in [0, 0.05) is 67.1 Å². The molecule has 5 heterocycles. The van der Waals surface area contributed by atoms with Gasteiger partial charge in [0.1, 0.15) is 24.5 Å². The number of fused-ring (bicyclic) bond motifs is 5. The Morgan fingerprint density at radius 1 is 0.783 bits per heavy atom. The second-order valence-electron chi connectivity index (χ2n) is 20.6. The van der Waals surface area contributed by atoms with Crippen molar-refractivity contribution in [3.63, 3.8) is 0 Å². The third-order valence-corrected chi connectivity index (χ3v) is 15.1. The molecular weight excluding hydrogens is 1080 g/mol. The van der Waals surface area contributed by atoms with Gasteiger partial charge in [0.05, 0.1) is 61.1 Å². The minimum absolute atomic E-state index is 0.0124. The number of esters is 1. The first-order chi connectivity index (χ1) is 39.7. The first-order valence-electron chi connectivity index (χ1n) is 27.2. The Bertz CT molecular complexity index is 3400. The molecule has 4 atom stereocenters. The van der Waals surface area contributed by atoms with Crippen LogP contribution in [0.5, 0.6) is 0 Å². The highest BCUT2D eigenvalue weighted by atomic mass is 19.1. The van der Waals surface area contributed by atoms with E-state index in [-0.39, 0.29) is 111 Å². The van der Waals surface area contributed by atoms with Gasteiger partial charge in [-0.3, -0.25) is 57.6 Å². The maximum Gasteiger partial charge on any atom is 0.343 e. The van der Waals surface area contributed by atoms with Crippen LogP contribution in [0.1, 0.15) is 110 Å². The molecule has 438 valence electrons. The largest absolute Gasteiger partial charge is 0.481 e. The molecule has 2 aromatic carbocycles. The summed E-state index contributed by atoms with van der Waals surface area (Å²) in [5.74, 6) is -8.38. The van der Waals surface area contributed by atoms with E-state index >= 15 is 4.39 Å². The fourth-order valence-electron chi connectivity index (χ4n) is 10.6. The average Bonchev–Trinajstić information content (AvgIpc) is 1.90. The minimum Gasteiger partial charge on any atom is -0.481 e. The van der Waals surface area contributed by atoms with E-state index in [0.717, 1.165) is 4.90 Å². The van der Waals surface area contributed by atoms with Gasteiger partial charge in [0.25, 0.3) is 17.4 Å². The van der Waals surface area contributed by atoms with Crippen LogP contribution in [0.2, 0.25) is 0 Å². The number of carboxylic acids is 1. The van der Waals surface area contributed by atoms with Crippen LogP contribution in [0.3, 0.4) is 0 Å². The first-order valence-corrected chi connectivity index (χ1v) is 27.2. The van der Waals surface area contributed by atoms with E-state index in [9.17, 15) is 67.7 Å². The summed E-state index contributed by atoms with van der Waals surface area (Å²) in [6.07, 6.45) is 3.36.